The molecule has 0 saturated carbocycles. The van der Waals surface area contributed by atoms with E-state index in [0.717, 1.165) is 60.1 Å². The fourth-order valence-electron chi connectivity index (χ4n) is 3.00. The summed E-state index contributed by atoms with van der Waals surface area (Å²) in [5, 5.41) is 0. The van der Waals surface area contributed by atoms with Gasteiger partial charge in [-0.05, 0) is 24.6 Å². The van der Waals surface area contributed by atoms with Crippen LogP contribution < -0.4 is 4.90 Å². The lowest BCUT2D eigenvalue weighted by atomic mass is 10.2. The van der Waals surface area contributed by atoms with Crippen LogP contribution in [0.1, 0.15) is 11.4 Å². The van der Waals surface area contributed by atoms with Gasteiger partial charge < -0.3 is 14.2 Å². The minimum Gasteiger partial charge on any atom is -0.378 e. The summed E-state index contributed by atoms with van der Waals surface area (Å²) in [7, 11) is 0. The second kappa shape index (κ2) is 6.49. The van der Waals surface area contributed by atoms with Crippen LogP contribution in [0.5, 0.6) is 0 Å². The van der Waals surface area contributed by atoms with E-state index < -0.39 is 0 Å². The molecule has 0 amide bonds. The maximum Gasteiger partial charge on any atom is 0.165 e. The summed E-state index contributed by atoms with van der Waals surface area (Å²) < 4.78 is 8.66. The number of aryl methyl sites for hydroxylation is 1. The Balaban J connectivity index is 1.74. The van der Waals surface area contributed by atoms with Crippen LogP contribution in [0.3, 0.4) is 0 Å². The molecule has 1 aliphatic rings. The molecule has 0 radical (unpaired) electrons. The average Bonchev–Trinajstić information content (AvgIpc) is 2.93. The number of fused-ring (bicyclic) bond motifs is 1. The lowest BCUT2D eigenvalue weighted by Gasteiger charge is -2.27. The lowest BCUT2D eigenvalue weighted by molar-refractivity contribution is 0.122. The Morgan fingerprint density at radius 1 is 1.12 bits per heavy atom. The number of aromatic nitrogens is 4. The van der Waals surface area contributed by atoms with E-state index in [1.54, 1.807) is 6.33 Å². The summed E-state index contributed by atoms with van der Waals surface area (Å²) in [5.41, 5.74) is 2.97. The summed E-state index contributed by atoms with van der Waals surface area (Å²) in [6, 6.07) is 8.33. The van der Waals surface area contributed by atoms with Crippen molar-refractivity contribution in [3.8, 4) is 0 Å². The minimum atomic E-state index is 0.726. The van der Waals surface area contributed by atoms with Gasteiger partial charge in [0.2, 0.25) is 0 Å². The van der Waals surface area contributed by atoms with E-state index >= 15 is 0 Å². The van der Waals surface area contributed by atoms with Gasteiger partial charge in [-0.2, -0.15) is 0 Å². The van der Waals surface area contributed by atoms with Crippen molar-refractivity contribution < 1.29 is 4.74 Å². The van der Waals surface area contributed by atoms with E-state index in [4.69, 9.17) is 9.72 Å². The highest BCUT2D eigenvalue weighted by Gasteiger charge is 2.20. The summed E-state index contributed by atoms with van der Waals surface area (Å²) in [5.74, 6) is 1.85. The molecule has 0 aliphatic carbocycles. The Bertz CT molecular complexity index is 855. The standard InChI is InChI=1S/C17H18BrN5O/c1-12-21-15-16(22-6-8-24-9-7-22)19-11-20-17(15)23(12)10-13-2-4-14(18)5-3-13/h2-5,11H,6-10H2,1H3. The number of ether oxygens (including phenoxy) is 1. The number of rotatable bonds is 3. The first-order chi connectivity index (χ1) is 11.7. The summed E-state index contributed by atoms with van der Waals surface area (Å²) in [4.78, 5) is 15.9. The highest BCUT2D eigenvalue weighted by Crippen LogP contribution is 2.24. The number of halogens is 1. The quantitative estimate of drug-likeness (QED) is 0.691. The van der Waals surface area contributed by atoms with E-state index in [9.17, 15) is 0 Å². The van der Waals surface area contributed by atoms with Crippen LogP contribution in [0.4, 0.5) is 5.82 Å². The van der Waals surface area contributed by atoms with Gasteiger partial charge >= 0.3 is 0 Å². The summed E-state index contributed by atoms with van der Waals surface area (Å²) in [6.07, 6.45) is 1.63. The Labute approximate surface area is 148 Å². The number of anilines is 1. The molecule has 7 heteroatoms. The number of imidazole rings is 1. The molecule has 0 atom stereocenters. The van der Waals surface area contributed by atoms with Gasteiger partial charge in [-0.3, -0.25) is 0 Å². The highest BCUT2D eigenvalue weighted by atomic mass is 79.9. The van der Waals surface area contributed by atoms with Crippen molar-refractivity contribution in [2.75, 3.05) is 31.2 Å². The van der Waals surface area contributed by atoms with Gasteiger partial charge in [-0.1, -0.05) is 28.1 Å². The first-order valence-electron chi connectivity index (χ1n) is 7.97. The van der Waals surface area contributed by atoms with Crippen LogP contribution in [0, 0.1) is 6.92 Å². The molecule has 0 unspecified atom stereocenters. The number of morpholine rings is 1. The summed E-state index contributed by atoms with van der Waals surface area (Å²) in [6.45, 7) is 5.89. The van der Waals surface area contributed by atoms with Gasteiger partial charge in [0, 0.05) is 17.6 Å². The zero-order valence-electron chi connectivity index (χ0n) is 13.4. The molecule has 3 aromatic rings. The Morgan fingerprint density at radius 3 is 2.62 bits per heavy atom. The summed E-state index contributed by atoms with van der Waals surface area (Å²) >= 11 is 3.48. The van der Waals surface area contributed by atoms with Crippen LogP contribution in [0.15, 0.2) is 35.1 Å². The van der Waals surface area contributed by atoms with Crippen molar-refractivity contribution in [3.63, 3.8) is 0 Å². The number of benzene rings is 1. The number of nitrogens with zero attached hydrogens (tertiary/aromatic N) is 5. The highest BCUT2D eigenvalue weighted by molar-refractivity contribution is 9.10. The molecule has 1 saturated heterocycles. The topological polar surface area (TPSA) is 56.1 Å². The maximum atomic E-state index is 5.44. The second-order valence-corrected chi connectivity index (χ2v) is 6.76. The fourth-order valence-corrected chi connectivity index (χ4v) is 3.27. The van der Waals surface area contributed by atoms with E-state index in [1.165, 1.54) is 5.56 Å². The molecular formula is C17H18BrN5O. The maximum absolute atomic E-state index is 5.44. The molecule has 1 aliphatic heterocycles. The minimum absolute atomic E-state index is 0.726. The van der Waals surface area contributed by atoms with Crippen LogP contribution >= 0.6 is 15.9 Å². The molecule has 0 spiro atoms. The van der Waals surface area contributed by atoms with Crippen LogP contribution in [0.2, 0.25) is 0 Å². The molecule has 1 fully saturated rings. The smallest absolute Gasteiger partial charge is 0.165 e. The Kier molecular flexibility index (Phi) is 4.20. The zero-order valence-corrected chi connectivity index (χ0v) is 15.0. The predicted octanol–water partition coefficient (Wildman–Crippen LogP) is 2.78. The van der Waals surface area contributed by atoms with Gasteiger partial charge in [0.1, 0.15) is 12.2 Å². The van der Waals surface area contributed by atoms with E-state index in [0.29, 0.717) is 0 Å². The third-order valence-corrected chi connectivity index (χ3v) is 4.80. The number of hydrogen-bond acceptors (Lipinski definition) is 5. The third kappa shape index (κ3) is 2.89. The molecule has 2 aromatic heterocycles. The van der Waals surface area contributed by atoms with E-state index in [-0.39, 0.29) is 0 Å². The molecule has 6 nitrogen and oxygen atoms in total. The molecule has 24 heavy (non-hydrogen) atoms. The van der Waals surface area contributed by atoms with E-state index in [1.807, 2.05) is 6.92 Å². The van der Waals surface area contributed by atoms with Gasteiger partial charge in [0.15, 0.2) is 17.0 Å². The van der Waals surface area contributed by atoms with Gasteiger partial charge in [0.25, 0.3) is 0 Å². The van der Waals surface area contributed by atoms with Crippen molar-refractivity contribution in [1.82, 2.24) is 19.5 Å². The second-order valence-electron chi connectivity index (χ2n) is 5.84. The molecule has 1 aromatic carbocycles. The first kappa shape index (κ1) is 15.5. The normalized spacial score (nSPS) is 15.2. The van der Waals surface area contributed by atoms with Crippen LogP contribution in [-0.4, -0.2) is 45.8 Å². The van der Waals surface area contributed by atoms with Crippen molar-refractivity contribution in [2.45, 2.75) is 13.5 Å². The van der Waals surface area contributed by atoms with Crippen molar-refractivity contribution in [1.29, 1.82) is 0 Å². The Morgan fingerprint density at radius 2 is 1.88 bits per heavy atom. The van der Waals surface area contributed by atoms with Gasteiger partial charge in [-0.15, -0.1) is 0 Å². The van der Waals surface area contributed by atoms with Crippen LogP contribution in [-0.2, 0) is 11.3 Å². The molecule has 0 bridgehead atoms. The largest absolute Gasteiger partial charge is 0.378 e. The fraction of sp³-hybridized carbons (Fsp3) is 0.353. The van der Waals surface area contributed by atoms with Crippen molar-refractivity contribution in [2.24, 2.45) is 0 Å². The monoisotopic (exact) mass is 387 g/mol. The third-order valence-electron chi connectivity index (χ3n) is 4.27. The predicted molar refractivity (Wildman–Crippen MR) is 96.3 cm³/mol. The molecule has 3 heterocycles. The molecule has 4 rings (SSSR count). The van der Waals surface area contributed by atoms with Gasteiger partial charge in [-0.25, -0.2) is 15.0 Å². The molecule has 0 N–H and O–H groups in total. The van der Waals surface area contributed by atoms with E-state index in [2.05, 4.69) is 59.6 Å². The van der Waals surface area contributed by atoms with Gasteiger partial charge in [0.05, 0.1) is 19.8 Å². The average molecular weight is 388 g/mol. The lowest BCUT2D eigenvalue weighted by Crippen LogP contribution is -2.36. The zero-order chi connectivity index (χ0) is 16.5. The van der Waals surface area contributed by atoms with Crippen molar-refractivity contribution >= 4 is 32.9 Å². The van der Waals surface area contributed by atoms with Crippen molar-refractivity contribution in [3.05, 3.63) is 46.5 Å². The molecular weight excluding hydrogens is 370 g/mol. The number of hydrogen-bond donors (Lipinski definition) is 0. The first-order valence-corrected chi connectivity index (χ1v) is 8.76. The Hall–Kier alpha value is -1.99. The van der Waals surface area contributed by atoms with Crippen LogP contribution in [0.25, 0.3) is 11.2 Å². The SMILES string of the molecule is Cc1nc2c(N3CCOCC3)ncnc2n1Cc1ccc(Br)cc1. The molecule has 124 valence electrons.